The Bertz CT molecular complexity index is 929. The van der Waals surface area contributed by atoms with Gasteiger partial charge in [-0.15, -0.1) is 0 Å². The van der Waals surface area contributed by atoms with E-state index in [1.165, 1.54) is 0 Å². The Balaban J connectivity index is 1.61. The van der Waals surface area contributed by atoms with E-state index in [4.69, 9.17) is 17.0 Å². The van der Waals surface area contributed by atoms with Crippen molar-refractivity contribution in [1.29, 1.82) is 0 Å². The summed E-state index contributed by atoms with van der Waals surface area (Å²) in [5, 5.41) is 6.78. The average Bonchev–Trinajstić information content (AvgIpc) is 3.14. The summed E-state index contributed by atoms with van der Waals surface area (Å²) in [5.74, 6) is -0.188. The van der Waals surface area contributed by atoms with Crippen LogP contribution in [0.3, 0.4) is 0 Å². The number of rotatable bonds is 6. The van der Waals surface area contributed by atoms with Gasteiger partial charge >= 0.3 is 5.97 Å². The summed E-state index contributed by atoms with van der Waals surface area (Å²) in [5.41, 5.74) is 4.15. The van der Waals surface area contributed by atoms with Gasteiger partial charge in [-0.05, 0) is 67.9 Å². The van der Waals surface area contributed by atoms with E-state index in [-0.39, 0.29) is 11.9 Å². The Kier molecular flexibility index (Phi) is 6.82. The number of hydrogen-bond acceptors (Lipinski definition) is 4. The monoisotopic (exact) mass is 411 g/mol. The number of carbonyl (C=O) groups is 2. The van der Waals surface area contributed by atoms with Gasteiger partial charge in [0.05, 0.1) is 12.2 Å². The van der Waals surface area contributed by atoms with E-state index in [0.29, 0.717) is 30.2 Å². The fourth-order valence-electron chi connectivity index (χ4n) is 3.20. The van der Waals surface area contributed by atoms with Crippen LogP contribution in [0, 0.1) is 6.92 Å². The van der Waals surface area contributed by atoms with Gasteiger partial charge in [-0.2, -0.15) is 0 Å². The summed E-state index contributed by atoms with van der Waals surface area (Å²) < 4.78 is 5.05. The molecule has 1 aliphatic rings. The van der Waals surface area contributed by atoms with E-state index in [2.05, 4.69) is 10.6 Å². The van der Waals surface area contributed by atoms with Crippen LogP contribution in [-0.4, -0.2) is 30.1 Å². The van der Waals surface area contributed by atoms with Crippen LogP contribution in [0.1, 0.15) is 41.3 Å². The lowest BCUT2D eigenvalue weighted by molar-refractivity contribution is -0.117. The smallest absolute Gasteiger partial charge is 0.338 e. The van der Waals surface area contributed by atoms with Crippen molar-refractivity contribution in [2.24, 2.45) is 0 Å². The van der Waals surface area contributed by atoms with Crippen LogP contribution in [0.5, 0.6) is 0 Å². The van der Waals surface area contributed by atoms with Gasteiger partial charge in [0, 0.05) is 30.9 Å². The molecule has 152 valence electrons. The number of esters is 1. The normalized spacial score (nSPS) is 13.3. The zero-order chi connectivity index (χ0) is 20.8. The summed E-state index contributed by atoms with van der Waals surface area (Å²) in [4.78, 5) is 25.7. The molecule has 0 spiro atoms. The quantitative estimate of drug-likeness (QED) is 0.557. The Morgan fingerprint density at radius 2 is 2.07 bits per heavy atom. The Hall–Kier alpha value is -2.93. The topological polar surface area (TPSA) is 70.7 Å². The molecule has 0 atom stereocenters. The predicted octanol–water partition coefficient (Wildman–Crippen LogP) is 3.79. The van der Waals surface area contributed by atoms with E-state index in [1.54, 1.807) is 19.1 Å². The standard InChI is InChI=1S/C22H25N3O3S/c1-3-28-21(27)17-10-9-15(2)19(13-17)24-22(29)23-14-16-6-4-7-18(12-16)25-11-5-8-20(25)26/h4,6-7,9-10,12-13H,3,5,8,11,14H2,1-2H3,(H2,23,24,29). The number of nitrogens with one attached hydrogen (secondary N) is 2. The van der Waals surface area contributed by atoms with Gasteiger partial charge in [0.1, 0.15) is 0 Å². The number of ether oxygens (including phenoxy) is 1. The van der Waals surface area contributed by atoms with E-state index in [1.807, 2.05) is 42.2 Å². The Morgan fingerprint density at radius 3 is 2.79 bits per heavy atom. The Labute approximate surface area is 176 Å². The van der Waals surface area contributed by atoms with Crippen LogP contribution in [0.4, 0.5) is 11.4 Å². The molecule has 7 heteroatoms. The molecule has 0 radical (unpaired) electrons. The molecule has 0 aliphatic carbocycles. The summed E-state index contributed by atoms with van der Waals surface area (Å²) in [6.45, 7) is 5.34. The first-order valence-electron chi connectivity index (χ1n) is 9.70. The van der Waals surface area contributed by atoms with Crippen LogP contribution in [-0.2, 0) is 16.1 Å². The minimum Gasteiger partial charge on any atom is -0.462 e. The third kappa shape index (κ3) is 5.32. The summed E-state index contributed by atoms with van der Waals surface area (Å²) in [6, 6.07) is 13.2. The minimum absolute atomic E-state index is 0.171. The number of nitrogens with zero attached hydrogens (tertiary/aromatic N) is 1. The molecule has 1 fully saturated rings. The molecule has 29 heavy (non-hydrogen) atoms. The highest BCUT2D eigenvalue weighted by atomic mass is 32.1. The molecule has 2 N–H and O–H groups in total. The first-order valence-corrected chi connectivity index (χ1v) is 10.1. The molecule has 1 saturated heterocycles. The molecule has 0 bridgehead atoms. The number of benzene rings is 2. The predicted molar refractivity (Wildman–Crippen MR) is 118 cm³/mol. The molecule has 1 heterocycles. The van der Waals surface area contributed by atoms with Crippen molar-refractivity contribution in [3.63, 3.8) is 0 Å². The zero-order valence-electron chi connectivity index (χ0n) is 16.7. The first-order chi connectivity index (χ1) is 14.0. The maximum atomic E-state index is 12.0. The number of amides is 1. The first kappa shape index (κ1) is 20.8. The number of hydrogen-bond donors (Lipinski definition) is 2. The highest BCUT2D eigenvalue weighted by Gasteiger charge is 2.21. The molecular weight excluding hydrogens is 386 g/mol. The second kappa shape index (κ2) is 9.52. The highest BCUT2D eigenvalue weighted by molar-refractivity contribution is 7.80. The molecule has 0 aromatic heterocycles. The fourth-order valence-corrected chi connectivity index (χ4v) is 3.38. The van der Waals surface area contributed by atoms with Gasteiger partial charge in [-0.1, -0.05) is 18.2 Å². The lowest BCUT2D eigenvalue weighted by Gasteiger charge is -2.17. The van der Waals surface area contributed by atoms with Crippen molar-refractivity contribution in [3.8, 4) is 0 Å². The summed E-state index contributed by atoms with van der Waals surface area (Å²) in [7, 11) is 0. The lowest BCUT2D eigenvalue weighted by atomic mass is 10.1. The molecule has 1 aliphatic heterocycles. The van der Waals surface area contributed by atoms with Crippen molar-refractivity contribution in [1.82, 2.24) is 5.32 Å². The molecule has 3 rings (SSSR count). The molecule has 6 nitrogen and oxygen atoms in total. The maximum absolute atomic E-state index is 12.0. The third-order valence-corrected chi connectivity index (χ3v) is 4.99. The van der Waals surface area contributed by atoms with Crippen molar-refractivity contribution in [2.75, 3.05) is 23.4 Å². The SMILES string of the molecule is CCOC(=O)c1ccc(C)c(NC(=S)NCc2cccc(N3CCCC3=O)c2)c1. The second-order valence-electron chi connectivity index (χ2n) is 6.88. The molecule has 2 aromatic rings. The maximum Gasteiger partial charge on any atom is 0.338 e. The Morgan fingerprint density at radius 1 is 1.24 bits per heavy atom. The molecule has 1 amide bonds. The van der Waals surface area contributed by atoms with Crippen LogP contribution in [0.15, 0.2) is 42.5 Å². The van der Waals surface area contributed by atoms with Crippen molar-refractivity contribution >= 4 is 40.6 Å². The molecule has 0 unspecified atom stereocenters. The highest BCUT2D eigenvalue weighted by Crippen LogP contribution is 2.22. The van der Waals surface area contributed by atoms with E-state index in [0.717, 1.165) is 35.5 Å². The van der Waals surface area contributed by atoms with E-state index < -0.39 is 0 Å². The third-order valence-electron chi connectivity index (χ3n) is 4.75. The number of anilines is 2. The van der Waals surface area contributed by atoms with Crippen LogP contribution in [0.2, 0.25) is 0 Å². The van der Waals surface area contributed by atoms with Gasteiger partial charge in [0.2, 0.25) is 5.91 Å². The zero-order valence-corrected chi connectivity index (χ0v) is 17.5. The van der Waals surface area contributed by atoms with Gasteiger partial charge in [-0.25, -0.2) is 4.79 Å². The van der Waals surface area contributed by atoms with Gasteiger partial charge in [0.25, 0.3) is 0 Å². The van der Waals surface area contributed by atoms with Gasteiger partial charge < -0.3 is 20.3 Å². The van der Waals surface area contributed by atoms with Crippen LogP contribution in [0.25, 0.3) is 0 Å². The molecule has 0 saturated carbocycles. The molecule has 2 aromatic carbocycles. The van der Waals surface area contributed by atoms with E-state index in [9.17, 15) is 9.59 Å². The van der Waals surface area contributed by atoms with Gasteiger partial charge in [0.15, 0.2) is 5.11 Å². The summed E-state index contributed by atoms with van der Waals surface area (Å²) >= 11 is 5.41. The molecular formula is C22H25N3O3S. The number of thiocarbonyl (C=S) groups is 1. The van der Waals surface area contributed by atoms with Crippen molar-refractivity contribution in [2.45, 2.75) is 33.2 Å². The fraction of sp³-hybridized carbons (Fsp3) is 0.318. The van der Waals surface area contributed by atoms with Gasteiger partial charge in [-0.3, -0.25) is 4.79 Å². The lowest BCUT2D eigenvalue weighted by Crippen LogP contribution is -2.28. The largest absolute Gasteiger partial charge is 0.462 e. The number of aryl methyl sites for hydroxylation is 1. The second-order valence-corrected chi connectivity index (χ2v) is 7.28. The summed E-state index contributed by atoms with van der Waals surface area (Å²) in [6.07, 6.45) is 1.51. The van der Waals surface area contributed by atoms with Crippen LogP contribution >= 0.6 is 12.2 Å². The van der Waals surface area contributed by atoms with Crippen LogP contribution < -0.4 is 15.5 Å². The average molecular weight is 412 g/mol. The van der Waals surface area contributed by atoms with Crippen molar-refractivity contribution < 1.29 is 14.3 Å². The van der Waals surface area contributed by atoms with E-state index >= 15 is 0 Å². The minimum atomic E-state index is -0.359. The van der Waals surface area contributed by atoms with Crippen molar-refractivity contribution in [3.05, 3.63) is 59.2 Å². The number of carbonyl (C=O) groups excluding carboxylic acids is 2.